The average Bonchev–Trinajstić information content (AvgIpc) is 3.23. The molecular weight excluding hydrogens is 386 g/mol. The number of benzene rings is 2. The Morgan fingerprint density at radius 3 is 2.30 bits per heavy atom. The molecule has 2 unspecified atom stereocenters. The van der Waals surface area contributed by atoms with Crippen LogP contribution in [0.1, 0.15) is 22.8 Å². The summed E-state index contributed by atoms with van der Waals surface area (Å²) in [7, 11) is 0. The first kappa shape index (κ1) is 19.4. The predicted octanol–water partition coefficient (Wildman–Crippen LogP) is 2.13. The van der Waals surface area contributed by atoms with Gasteiger partial charge in [0.15, 0.2) is 17.9 Å². The monoisotopic (exact) mass is 405 g/mol. The van der Waals surface area contributed by atoms with Crippen LogP contribution < -0.4 is 10.2 Å². The van der Waals surface area contributed by atoms with Gasteiger partial charge in [-0.15, -0.1) is 0 Å². The fourth-order valence-electron chi connectivity index (χ4n) is 3.44. The second-order valence-corrected chi connectivity index (χ2v) is 7.22. The Hall–Kier alpha value is -3.88. The maximum atomic E-state index is 12.9. The lowest BCUT2D eigenvalue weighted by molar-refractivity contribution is -0.123. The number of rotatable bonds is 5. The van der Waals surface area contributed by atoms with E-state index in [-0.39, 0.29) is 12.3 Å². The van der Waals surface area contributed by atoms with Gasteiger partial charge < -0.3 is 5.32 Å². The number of amides is 3. The van der Waals surface area contributed by atoms with Crippen molar-refractivity contribution in [1.82, 2.24) is 5.01 Å². The fraction of sp³-hybridized carbons (Fsp3) is 0.238. The second kappa shape index (κ2) is 7.51. The van der Waals surface area contributed by atoms with Crippen LogP contribution in [0.25, 0.3) is 0 Å². The number of hydrogen-bond donors (Lipinski definition) is 1. The smallest absolute Gasteiger partial charge is 0.263 e. The maximum absolute atomic E-state index is 12.9. The van der Waals surface area contributed by atoms with Gasteiger partial charge in [-0.3, -0.25) is 24.2 Å². The van der Waals surface area contributed by atoms with Gasteiger partial charge in [-0.25, -0.2) is 4.90 Å². The molecule has 9 nitrogen and oxygen atoms in total. The Morgan fingerprint density at radius 2 is 1.67 bits per heavy atom. The molecule has 30 heavy (non-hydrogen) atoms. The number of nitrogens with zero attached hydrogens (tertiary/aromatic N) is 4. The number of carbonyl (C=O) groups is 4. The number of anilines is 2. The van der Waals surface area contributed by atoms with E-state index in [1.807, 2.05) is 19.1 Å². The molecule has 2 heterocycles. The van der Waals surface area contributed by atoms with Crippen molar-refractivity contribution in [2.45, 2.75) is 25.9 Å². The SMILES string of the molecule is CC(=O)c1ccc(NC(=O)CN2N=NC3C(=O)N(c4ccc(C)cc4)C(=O)C32)cc1. The molecule has 1 fully saturated rings. The topological polar surface area (TPSA) is 112 Å². The minimum absolute atomic E-state index is 0.0704. The van der Waals surface area contributed by atoms with E-state index < -0.39 is 29.8 Å². The highest BCUT2D eigenvalue weighted by molar-refractivity contribution is 6.25. The van der Waals surface area contributed by atoms with Crippen LogP contribution in [-0.2, 0) is 14.4 Å². The van der Waals surface area contributed by atoms with E-state index in [1.165, 1.54) is 11.9 Å². The number of Topliss-reactive ketones (excluding diaryl/α,β-unsaturated/α-hetero) is 1. The van der Waals surface area contributed by atoms with Crippen molar-refractivity contribution in [3.8, 4) is 0 Å². The molecule has 4 rings (SSSR count). The van der Waals surface area contributed by atoms with Crippen molar-refractivity contribution in [2.24, 2.45) is 10.3 Å². The largest absolute Gasteiger partial charge is 0.324 e. The third kappa shape index (κ3) is 3.45. The van der Waals surface area contributed by atoms with Crippen LogP contribution in [0.3, 0.4) is 0 Å². The Balaban J connectivity index is 1.45. The van der Waals surface area contributed by atoms with Gasteiger partial charge in [0.2, 0.25) is 5.91 Å². The number of carbonyl (C=O) groups excluding carboxylic acids is 4. The Kier molecular flexibility index (Phi) is 4.86. The summed E-state index contributed by atoms with van der Waals surface area (Å²) in [5, 5.41) is 11.7. The molecule has 0 bridgehead atoms. The van der Waals surface area contributed by atoms with E-state index in [4.69, 9.17) is 0 Å². The van der Waals surface area contributed by atoms with E-state index in [1.54, 1.807) is 36.4 Å². The summed E-state index contributed by atoms with van der Waals surface area (Å²) in [5.41, 5.74) is 2.52. The zero-order valence-corrected chi connectivity index (χ0v) is 16.4. The summed E-state index contributed by atoms with van der Waals surface area (Å²) in [6, 6.07) is 11.6. The van der Waals surface area contributed by atoms with Gasteiger partial charge in [0.25, 0.3) is 11.8 Å². The Morgan fingerprint density at radius 1 is 1.00 bits per heavy atom. The summed E-state index contributed by atoms with van der Waals surface area (Å²) in [5.74, 6) is -1.41. The third-order valence-corrected chi connectivity index (χ3v) is 5.03. The van der Waals surface area contributed by atoms with Crippen LogP contribution >= 0.6 is 0 Å². The van der Waals surface area contributed by atoms with Crippen molar-refractivity contribution in [3.05, 3.63) is 59.7 Å². The van der Waals surface area contributed by atoms with E-state index >= 15 is 0 Å². The molecule has 0 saturated carbocycles. The van der Waals surface area contributed by atoms with Gasteiger partial charge in [-0.2, -0.15) is 5.11 Å². The highest BCUT2D eigenvalue weighted by Crippen LogP contribution is 2.31. The number of fused-ring (bicyclic) bond motifs is 1. The van der Waals surface area contributed by atoms with Crippen molar-refractivity contribution >= 4 is 34.9 Å². The average molecular weight is 405 g/mol. The number of imide groups is 1. The fourth-order valence-corrected chi connectivity index (χ4v) is 3.44. The zero-order valence-electron chi connectivity index (χ0n) is 16.4. The summed E-state index contributed by atoms with van der Waals surface area (Å²) in [6.07, 6.45) is 0. The van der Waals surface area contributed by atoms with Crippen LogP contribution in [0, 0.1) is 6.92 Å². The quantitative estimate of drug-likeness (QED) is 0.605. The minimum Gasteiger partial charge on any atom is -0.324 e. The van der Waals surface area contributed by atoms with E-state index in [2.05, 4.69) is 15.7 Å². The lowest BCUT2D eigenvalue weighted by atomic mass is 10.1. The summed E-state index contributed by atoms with van der Waals surface area (Å²) in [6.45, 7) is 3.14. The minimum atomic E-state index is -0.957. The second-order valence-electron chi connectivity index (χ2n) is 7.22. The number of nitrogens with one attached hydrogen (secondary N) is 1. The van der Waals surface area contributed by atoms with Gasteiger partial charge in [0.1, 0.15) is 6.54 Å². The normalized spacial score (nSPS) is 19.9. The van der Waals surface area contributed by atoms with Crippen LogP contribution in [0.5, 0.6) is 0 Å². The molecule has 0 radical (unpaired) electrons. The molecule has 0 aromatic heterocycles. The van der Waals surface area contributed by atoms with E-state index in [0.717, 1.165) is 10.5 Å². The van der Waals surface area contributed by atoms with Crippen LogP contribution in [0.15, 0.2) is 58.9 Å². The maximum Gasteiger partial charge on any atom is 0.263 e. The lowest BCUT2D eigenvalue weighted by Crippen LogP contribution is -2.43. The standard InChI is InChI=1S/C21H19N5O4/c1-12-3-9-16(10-4-12)26-20(29)18-19(21(26)30)25(24-23-18)11-17(28)22-15-7-5-14(6-8-15)13(2)27/h3-10,18-19H,11H2,1-2H3,(H,22,28). The summed E-state index contributed by atoms with van der Waals surface area (Å²) >= 11 is 0. The van der Waals surface area contributed by atoms with Crippen LogP contribution in [-0.4, -0.2) is 47.1 Å². The molecule has 9 heteroatoms. The first-order valence-corrected chi connectivity index (χ1v) is 9.38. The third-order valence-electron chi connectivity index (χ3n) is 5.03. The molecule has 1 N–H and O–H groups in total. The van der Waals surface area contributed by atoms with Crippen molar-refractivity contribution in [3.63, 3.8) is 0 Å². The molecule has 2 aromatic rings. The van der Waals surface area contributed by atoms with Gasteiger partial charge >= 0.3 is 0 Å². The van der Waals surface area contributed by atoms with Crippen molar-refractivity contribution in [2.75, 3.05) is 16.8 Å². The van der Waals surface area contributed by atoms with Gasteiger partial charge in [-0.05, 0) is 50.2 Å². The number of ketones is 1. The molecule has 2 aromatic carbocycles. The number of hydrogen-bond acceptors (Lipinski definition) is 7. The highest BCUT2D eigenvalue weighted by atomic mass is 16.2. The molecule has 2 aliphatic rings. The van der Waals surface area contributed by atoms with E-state index in [0.29, 0.717) is 16.9 Å². The first-order valence-electron chi connectivity index (χ1n) is 9.38. The molecule has 0 spiro atoms. The lowest BCUT2D eigenvalue weighted by Gasteiger charge is -2.20. The first-order chi connectivity index (χ1) is 14.3. The Bertz CT molecular complexity index is 1060. The summed E-state index contributed by atoms with van der Waals surface area (Å²) in [4.78, 5) is 50.5. The molecule has 2 atom stereocenters. The van der Waals surface area contributed by atoms with Crippen molar-refractivity contribution < 1.29 is 19.2 Å². The molecule has 2 aliphatic heterocycles. The molecule has 152 valence electrons. The zero-order chi connectivity index (χ0) is 21.4. The van der Waals surface area contributed by atoms with Gasteiger partial charge in [0.05, 0.1) is 5.69 Å². The Labute approximate surface area is 172 Å². The summed E-state index contributed by atoms with van der Waals surface area (Å²) < 4.78 is 0. The van der Waals surface area contributed by atoms with Crippen LogP contribution in [0.2, 0.25) is 0 Å². The van der Waals surface area contributed by atoms with Gasteiger partial charge in [-0.1, -0.05) is 22.9 Å². The molecule has 1 saturated heterocycles. The van der Waals surface area contributed by atoms with Crippen LogP contribution in [0.4, 0.5) is 11.4 Å². The predicted molar refractivity (Wildman–Crippen MR) is 108 cm³/mol. The highest BCUT2D eigenvalue weighted by Gasteiger charge is 2.55. The number of aryl methyl sites for hydroxylation is 1. The molecule has 0 aliphatic carbocycles. The molecular formula is C21H19N5O4. The van der Waals surface area contributed by atoms with E-state index in [9.17, 15) is 19.2 Å². The van der Waals surface area contributed by atoms with Crippen molar-refractivity contribution in [1.29, 1.82) is 0 Å². The van der Waals surface area contributed by atoms with Gasteiger partial charge in [0, 0.05) is 11.3 Å². The molecule has 3 amide bonds.